The van der Waals surface area contributed by atoms with Crippen LogP contribution >= 0.6 is 0 Å². The Balaban J connectivity index is 1.59. The molecule has 2 aliphatic rings. The van der Waals surface area contributed by atoms with Crippen LogP contribution in [0.15, 0.2) is 24.3 Å². The highest BCUT2D eigenvalue weighted by molar-refractivity contribution is 5.94. The molecule has 0 saturated carbocycles. The summed E-state index contributed by atoms with van der Waals surface area (Å²) in [5.41, 5.74) is -0.611. The third-order valence-electron chi connectivity index (χ3n) is 5.85. The minimum atomic E-state index is -4.45. The first-order chi connectivity index (χ1) is 14.2. The van der Waals surface area contributed by atoms with Crippen LogP contribution in [-0.2, 0) is 20.5 Å². The molecular weight excluding hydrogens is 401 g/mol. The highest BCUT2D eigenvalue weighted by atomic mass is 19.4. The standard InChI is InChI=1S/C21H25F3N2O4/c1-30-20(29)17-4-2-3-11-26(17)19(28)15-9-12-25(13-10-15)18(27)14-5-7-16(8-6-14)21(22,23)24/h5-8,15,17H,2-4,9-13H2,1H3. The Labute approximate surface area is 173 Å². The van der Waals surface area contributed by atoms with Crippen molar-refractivity contribution in [3.05, 3.63) is 35.4 Å². The van der Waals surface area contributed by atoms with Gasteiger partial charge in [-0.15, -0.1) is 0 Å². The van der Waals surface area contributed by atoms with E-state index in [1.54, 1.807) is 9.80 Å². The molecular formula is C21H25F3N2O4. The zero-order valence-corrected chi connectivity index (χ0v) is 16.8. The van der Waals surface area contributed by atoms with Crippen LogP contribution in [0.1, 0.15) is 48.0 Å². The maximum absolute atomic E-state index is 13.0. The number of benzene rings is 1. The minimum Gasteiger partial charge on any atom is -0.467 e. The van der Waals surface area contributed by atoms with Gasteiger partial charge in [-0.25, -0.2) is 4.79 Å². The Kier molecular flexibility index (Phi) is 6.67. The van der Waals surface area contributed by atoms with Gasteiger partial charge in [-0.2, -0.15) is 13.2 Å². The van der Waals surface area contributed by atoms with Crippen LogP contribution in [0, 0.1) is 5.92 Å². The van der Waals surface area contributed by atoms with Gasteiger partial charge in [0, 0.05) is 31.1 Å². The third kappa shape index (κ3) is 4.76. The Hall–Kier alpha value is -2.58. The van der Waals surface area contributed by atoms with Crippen molar-refractivity contribution < 1.29 is 32.3 Å². The molecule has 0 bridgehead atoms. The van der Waals surface area contributed by atoms with E-state index in [-0.39, 0.29) is 23.3 Å². The van der Waals surface area contributed by atoms with Gasteiger partial charge in [0.25, 0.3) is 5.91 Å². The molecule has 1 atom stereocenters. The number of esters is 1. The summed E-state index contributed by atoms with van der Waals surface area (Å²) in [5.74, 6) is -1.13. The molecule has 164 valence electrons. The van der Waals surface area contributed by atoms with E-state index in [1.165, 1.54) is 19.2 Å². The highest BCUT2D eigenvalue weighted by Gasteiger charge is 2.38. The van der Waals surface area contributed by atoms with Gasteiger partial charge in [-0.3, -0.25) is 9.59 Å². The predicted octanol–water partition coefficient (Wildman–Crippen LogP) is 3.11. The molecule has 0 N–H and O–H groups in total. The van der Waals surface area contributed by atoms with Crippen LogP contribution < -0.4 is 0 Å². The lowest BCUT2D eigenvalue weighted by molar-refractivity contribution is -0.156. The number of likely N-dealkylation sites (tertiary alicyclic amines) is 2. The largest absolute Gasteiger partial charge is 0.467 e. The van der Waals surface area contributed by atoms with Crippen molar-refractivity contribution in [3.63, 3.8) is 0 Å². The van der Waals surface area contributed by atoms with Crippen LogP contribution in [0.4, 0.5) is 13.2 Å². The summed E-state index contributed by atoms with van der Waals surface area (Å²) in [6.45, 7) is 1.20. The van der Waals surface area contributed by atoms with E-state index in [0.717, 1.165) is 25.0 Å². The molecule has 2 aliphatic heterocycles. The molecule has 9 heteroatoms. The zero-order chi connectivity index (χ0) is 21.9. The van der Waals surface area contributed by atoms with E-state index in [4.69, 9.17) is 4.74 Å². The first kappa shape index (κ1) is 22.1. The normalized spacial score (nSPS) is 20.7. The number of halogens is 3. The monoisotopic (exact) mass is 426 g/mol. The van der Waals surface area contributed by atoms with E-state index >= 15 is 0 Å². The molecule has 2 heterocycles. The number of rotatable bonds is 3. The molecule has 2 amide bonds. The molecule has 2 saturated heterocycles. The maximum atomic E-state index is 13.0. The fourth-order valence-electron chi connectivity index (χ4n) is 4.12. The number of methoxy groups -OCH3 is 1. The van der Waals surface area contributed by atoms with Gasteiger partial charge < -0.3 is 14.5 Å². The third-order valence-corrected chi connectivity index (χ3v) is 5.85. The second kappa shape index (κ2) is 9.06. The molecule has 1 unspecified atom stereocenters. The summed E-state index contributed by atoms with van der Waals surface area (Å²) in [5, 5.41) is 0. The number of hydrogen-bond donors (Lipinski definition) is 0. The Morgan fingerprint density at radius 1 is 0.967 bits per heavy atom. The van der Waals surface area contributed by atoms with E-state index in [1.807, 2.05) is 0 Å². The number of alkyl halides is 3. The van der Waals surface area contributed by atoms with Crippen molar-refractivity contribution in [1.82, 2.24) is 9.80 Å². The molecule has 0 spiro atoms. The Morgan fingerprint density at radius 2 is 1.60 bits per heavy atom. The maximum Gasteiger partial charge on any atom is 0.416 e. The fraction of sp³-hybridized carbons (Fsp3) is 0.571. The Morgan fingerprint density at radius 3 is 2.17 bits per heavy atom. The van der Waals surface area contributed by atoms with Gasteiger partial charge in [0.15, 0.2) is 0 Å². The number of piperidine rings is 2. The Bertz CT molecular complexity index is 786. The average molecular weight is 426 g/mol. The van der Waals surface area contributed by atoms with Crippen LogP contribution in [0.3, 0.4) is 0 Å². The summed E-state index contributed by atoms with van der Waals surface area (Å²) in [6, 6.07) is 3.59. The van der Waals surface area contributed by atoms with E-state index in [2.05, 4.69) is 0 Å². The summed E-state index contributed by atoms with van der Waals surface area (Å²) < 4.78 is 42.9. The van der Waals surface area contributed by atoms with Crippen molar-refractivity contribution in [1.29, 1.82) is 0 Å². The number of carbonyl (C=O) groups excluding carboxylic acids is 3. The van der Waals surface area contributed by atoms with Gasteiger partial charge in [0.2, 0.25) is 5.91 Å². The van der Waals surface area contributed by atoms with E-state index < -0.39 is 23.8 Å². The molecule has 3 rings (SSSR count). The lowest BCUT2D eigenvalue weighted by atomic mass is 9.92. The zero-order valence-electron chi connectivity index (χ0n) is 16.8. The SMILES string of the molecule is COC(=O)C1CCCCN1C(=O)C1CCN(C(=O)c2ccc(C(F)(F)F)cc2)CC1. The molecule has 2 fully saturated rings. The van der Waals surface area contributed by atoms with Crippen LogP contribution in [-0.4, -0.2) is 60.4 Å². The number of amides is 2. The second-order valence-corrected chi connectivity index (χ2v) is 7.71. The first-order valence-corrected chi connectivity index (χ1v) is 10.1. The molecule has 1 aromatic carbocycles. The lowest BCUT2D eigenvalue weighted by Crippen LogP contribution is -2.52. The number of carbonyl (C=O) groups is 3. The summed E-state index contributed by atoms with van der Waals surface area (Å²) in [4.78, 5) is 40.7. The summed E-state index contributed by atoms with van der Waals surface area (Å²) in [6.07, 6.45) is -1.25. The van der Waals surface area contributed by atoms with Crippen LogP contribution in [0.5, 0.6) is 0 Å². The number of nitrogens with zero attached hydrogens (tertiary/aromatic N) is 2. The van der Waals surface area contributed by atoms with Gasteiger partial charge in [-0.1, -0.05) is 0 Å². The second-order valence-electron chi connectivity index (χ2n) is 7.71. The quantitative estimate of drug-likeness (QED) is 0.697. The van der Waals surface area contributed by atoms with Crippen molar-refractivity contribution >= 4 is 17.8 Å². The van der Waals surface area contributed by atoms with Crippen molar-refractivity contribution in [2.45, 2.75) is 44.3 Å². The van der Waals surface area contributed by atoms with Gasteiger partial charge in [0.1, 0.15) is 6.04 Å². The topological polar surface area (TPSA) is 66.9 Å². The summed E-state index contributed by atoms with van der Waals surface area (Å²) >= 11 is 0. The summed E-state index contributed by atoms with van der Waals surface area (Å²) in [7, 11) is 1.31. The van der Waals surface area contributed by atoms with Gasteiger partial charge >= 0.3 is 12.1 Å². The molecule has 30 heavy (non-hydrogen) atoms. The molecule has 0 radical (unpaired) electrons. The molecule has 1 aromatic rings. The van der Waals surface area contributed by atoms with E-state index in [9.17, 15) is 27.6 Å². The van der Waals surface area contributed by atoms with Crippen molar-refractivity contribution in [3.8, 4) is 0 Å². The minimum absolute atomic E-state index is 0.0910. The predicted molar refractivity (Wildman–Crippen MR) is 101 cm³/mol. The molecule has 0 aliphatic carbocycles. The van der Waals surface area contributed by atoms with Crippen LogP contribution in [0.25, 0.3) is 0 Å². The lowest BCUT2D eigenvalue weighted by Gasteiger charge is -2.38. The van der Waals surface area contributed by atoms with Gasteiger partial charge in [0.05, 0.1) is 12.7 Å². The van der Waals surface area contributed by atoms with Crippen LogP contribution in [0.2, 0.25) is 0 Å². The highest BCUT2D eigenvalue weighted by Crippen LogP contribution is 2.30. The fourth-order valence-corrected chi connectivity index (χ4v) is 4.12. The molecule has 0 aromatic heterocycles. The number of ether oxygens (including phenoxy) is 1. The van der Waals surface area contributed by atoms with Gasteiger partial charge in [-0.05, 0) is 56.4 Å². The van der Waals surface area contributed by atoms with Crippen molar-refractivity contribution in [2.75, 3.05) is 26.7 Å². The number of hydrogen-bond acceptors (Lipinski definition) is 4. The molecule has 6 nitrogen and oxygen atoms in total. The van der Waals surface area contributed by atoms with E-state index in [0.29, 0.717) is 38.9 Å². The first-order valence-electron chi connectivity index (χ1n) is 10.1. The average Bonchev–Trinajstić information content (AvgIpc) is 2.77. The van der Waals surface area contributed by atoms with Crippen molar-refractivity contribution in [2.24, 2.45) is 5.92 Å². The smallest absolute Gasteiger partial charge is 0.416 e.